The number of hydrazone groups is 1. The molecule has 0 atom stereocenters. The molecule has 0 saturated heterocycles. The van der Waals surface area contributed by atoms with Gasteiger partial charge in [0.2, 0.25) is 0 Å². The van der Waals surface area contributed by atoms with Crippen LogP contribution in [0.2, 0.25) is 0 Å². The molecule has 1 rings (SSSR count). The fourth-order valence-corrected chi connectivity index (χ4v) is 0.895. The highest BCUT2D eigenvalue weighted by Crippen LogP contribution is 2.02. The van der Waals surface area contributed by atoms with E-state index in [0.29, 0.717) is 0 Å². The molecule has 74 valence electrons. The van der Waals surface area contributed by atoms with Gasteiger partial charge in [0.25, 0.3) is 0 Å². The lowest BCUT2D eigenvalue weighted by molar-refractivity contribution is 1.20. The van der Waals surface area contributed by atoms with Crippen molar-refractivity contribution in [3.05, 3.63) is 36.0 Å². The number of hydrogen-bond donors (Lipinski definition) is 1. The van der Waals surface area contributed by atoms with Crippen LogP contribution in [0.25, 0.3) is 0 Å². The zero-order valence-corrected chi connectivity index (χ0v) is 8.57. The molecule has 0 aliphatic carbocycles. The van der Waals surface area contributed by atoms with Crippen LogP contribution in [0.1, 0.15) is 18.9 Å². The highest BCUT2D eigenvalue weighted by Gasteiger charge is 1.88. The molecule has 0 radical (unpaired) electrons. The van der Waals surface area contributed by atoms with Crippen molar-refractivity contribution in [1.82, 2.24) is 4.98 Å². The minimum atomic E-state index is 0.771. The van der Waals surface area contributed by atoms with Crippen LogP contribution < -0.4 is 5.43 Å². The molecule has 1 aromatic heterocycles. The average Bonchev–Trinajstić information content (AvgIpc) is 2.21. The highest BCUT2D eigenvalue weighted by atomic mass is 15.3. The topological polar surface area (TPSA) is 37.3 Å². The summed E-state index contributed by atoms with van der Waals surface area (Å²) in [4.78, 5) is 4.15. The predicted octanol–water partition coefficient (Wildman–Crippen LogP) is 2.75. The van der Waals surface area contributed by atoms with Crippen molar-refractivity contribution in [2.45, 2.75) is 20.3 Å². The van der Waals surface area contributed by atoms with Gasteiger partial charge in [-0.3, -0.25) is 5.43 Å². The highest BCUT2D eigenvalue weighted by molar-refractivity contribution is 5.60. The quantitative estimate of drug-likeness (QED) is 0.449. The van der Waals surface area contributed by atoms with Crippen molar-refractivity contribution in [2.24, 2.45) is 5.10 Å². The van der Waals surface area contributed by atoms with Crippen LogP contribution in [0, 0.1) is 6.92 Å². The van der Waals surface area contributed by atoms with E-state index < -0.39 is 0 Å². The number of hydrogen-bond acceptors (Lipinski definition) is 3. The first-order valence-electron chi connectivity index (χ1n) is 4.64. The minimum Gasteiger partial charge on any atom is -0.262 e. The lowest BCUT2D eigenvalue weighted by Gasteiger charge is -1.97. The smallest absolute Gasteiger partial charge is 0.146 e. The van der Waals surface area contributed by atoms with E-state index in [1.807, 2.05) is 50.5 Å². The van der Waals surface area contributed by atoms with Crippen LogP contribution in [-0.4, -0.2) is 11.2 Å². The molecule has 0 bridgehead atoms. The number of allylic oxidation sites excluding steroid dienone is 2. The van der Waals surface area contributed by atoms with E-state index in [1.165, 1.54) is 0 Å². The third-order valence-corrected chi connectivity index (χ3v) is 1.66. The summed E-state index contributed by atoms with van der Waals surface area (Å²) in [5.41, 5.74) is 4.00. The molecule has 1 aromatic rings. The van der Waals surface area contributed by atoms with E-state index in [4.69, 9.17) is 0 Å². The fourth-order valence-electron chi connectivity index (χ4n) is 0.895. The van der Waals surface area contributed by atoms with Gasteiger partial charge < -0.3 is 0 Å². The number of pyridine rings is 1. The first-order valence-corrected chi connectivity index (χ1v) is 4.64. The maximum Gasteiger partial charge on any atom is 0.146 e. The van der Waals surface area contributed by atoms with Crippen molar-refractivity contribution >= 4 is 12.0 Å². The first-order chi connectivity index (χ1) is 6.83. The number of rotatable bonds is 4. The molecular formula is C11H15N3. The van der Waals surface area contributed by atoms with Crippen LogP contribution in [0.4, 0.5) is 5.82 Å². The molecule has 1 heterocycles. The fraction of sp³-hybridized carbons (Fsp3) is 0.273. The molecular weight excluding hydrogens is 174 g/mol. The van der Waals surface area contributed by atoms with Crippen molar-refractivity contribution < 1.29 is 0 Å². The molecule has 0 spiro atoms. The van der Waals surface area contributed by atoms with Crippen molar-refractivity contribution in [3.63, 3.8) is 0 Å². The molecule has 3 heteroatoms. The van der Waals surface area contributed by atoms with Crippen LogP contribution >= 0.6 is 0 Å². The van der Waals surface area contributed by atoms with Crippen LogP contribution in [0.15, 0.2) is 35.6 Å². The van der Waals surface area contributed by atoms with E-state index in [9.17, 15) is 0 Å². The molecule has 0 fully saturated rings. The monoisotopic (exact) mass is 189 g/mol. The lowest BCUT2D eigenvalue weighted by Crippen LogP contribution is -1.91. The van der Waals surface area contributed by atoms with E-state index in [2.05, 4.69) is 15.5 Å². The van der Waals surface area contributed by atoms with Gasteiger partial charge in [-0.05, 0) is 25.5 Å². The molecule has 0 aromatic carbocycles. The normalized spacial score (nSPS) is 11.3. The van der Waals surface area contributed by atoms with Gasteiger partial charge in [-0.1, -0.05) is 18.2 Å². The van der Waals surface area contributed by atoms with Crippen molar-refractivity contribution in [3.8, 4) is 0 Å². The van der Waals surface area contributed by atoms with Gasteiger partial charge in [-0.25, -0.2) is 4.98 Å². The van der Waals surface area contributed by atoms with Crippen LogP contribution in [-0.2, 0) is 0 Å². The van der Waals surface area contributed by atoms with Crippen molar-refractivity contribution in [2.75, 3.05) is 5.43 Å². The summed E-state index contributed by atoms with van der Waals surface area (Å²) in [5, 5.41) is 4.02. The second kappa shape index (κ2) is 5.91. The zero-order chi connectivity index (χ0) is 10.2. The van der Waals surface area contributed by atoms with E-state index >= 15 is 0 Å². The Morgan fingerprint density at radius 1 is 1.50 bits per heavy atom. The lowest BCUT2D eigenvalue weighted by atomic mass is 10.3. The number of anilines is 1. The van der Waals surface area contributed by atoms with Crippen LogP contribution in [0.5, 0.6) is 0 Å². The molecule has 14 heavy (non-hydrogen) atoms. The summed E-state index contributed by atoms with van der Waals surface area (Å²) in [7, 11) is 0. The molecule has 0 unspecified atom stereocenters. The van der Waals surface area contributed by atoms with Gasteiger partial charge in [-0.15, -0.1) is 0 Å². The Balaban J connectivity index is 2.38. The largest absolute Gasteiger partial charge is 0.262 e. The molecule has 0 saturated carbocycles. The van der Waals surface area contributed by atoms with E-state index in [-0.39, 0.29) is 0 Å². The van der Waals surface area contributed by atoms with Gasteiger partial charge in [-0.2, -0.15) is 5.10 Å². The summed E-state index contributed by atoms with van der Waals surface area (Å²) < 4.78 is 0. The molecule has 0 amide bonds. The van der Waals surface area contributed by atoms with Crippen LogP contribution in [0.3, 0.4) is 0 Å². The van der Waals surface area contributed by atoms with E-state index in [0.717, 1.165) is 17.8 Å². The standard InChI is InChI=1S/C11H15N3/c1-3-4-5-8-13-14-11-7-6-10(2)9-12-11/h3-4,6-9H,5H2,1-2H3,(H,12,14)/b4-3-,13-8+. The SMILES string of the molecule is C/C=C\C/C=N/Nc1ccc(C)cn1. The summed E-state index contributed by atoms with van der Waals surface area (Å²) in [6.07, 6.45) is 8.49. The second-order valence-corrected chi connectivity index (χ2v) is 2.95. The van der Waals surface area contributed by atoms with Gasteiger partial charge in [0.1, 0.15) is 5.82 Å². The minimum absolute atomic E-state index is 0.771. The Morgan fingerprint density at radius 3 is 3.00 bits per heavy atom. The van der Waals surface area contributed by atoms with Gasteiger partial charge >= 0.3 is 0 Å². The van der Waals surface area contributed by atoms with Crippen molar-refractivity contribution in [1.29, 1.82) is 0 Å². The molecule has 1 N–H and O–H groups in total. The summed E-state index contributed by atoms with van der Waals surface area (Å²) in [5.74, 6) is 0.771. The summed E-state index contributed by atoms with van der Waals surface area (Å²) in [6, 6.07) is 3.90. The predicted molar refractivity (Wildman–Crippen MR) is 60.5 cm³/mol. The van der Waals surface area contributed by atoms with E-state index in [1.54, 1.807) is 0 Å². The average molecular weight is 189 g/mol. The maximum absolute atomic E-state index is 4.15. The Labute approximate surface area is 84.6 Å². The maximum atomic E-state index is 4.15. The first kappa shape index (κ1) is 10.4. The van der Waals surface area contributed by atoms with Gasteiger partial charge in [0.05, 0.1) is 0 Å². The Bertz CT molecular complexity index is 312. The summed E-state index contributed by atoms with van der Waals surface area (Å²) >= 11 is 0. The number of nitrogens with one attached hydrogen (secondary N) is 1. The third-order valence-electron chi connectivity index (χ3n) is 1.66. The summed E-state index contributed by atoms with van der Waals surface area (Å²) in [6.45, 7) is 3.99. The molecule has 0 aliphatic heterocycles. The Hall–Kier alpha value is -1.64. The Kier molecular flexibility index (Phi) is 4.41. The van der Waals surface area contributed by atoms with Gasteiger partial charge in [0.15, 0.2) is 0 Å². The Morgan fingerprint density at radius 2 is 2.36 bits per heavy atom. The zero-order valence-electron chi connectivity index (χ0n) is 8.57. The second-order valence-electron chi connectivity index (χ2n) is 2.95. The molecule has 0 aliphatic rings. The number of aromatic nitrogens is 1. The third kappa shape index (κ3) is 3.85. The number of aryl methyl sites for hydroxylation is 1. The number of nitrogens with zero attached hydrogens (tertiary/aromatic N) is 2. The van der Waals surface area contributed by atoms with Gasteiger partial charge in [0, 0.05) is 18.8 Å². The molecule has 3 nitrogen and oxygen atoms in total.